The van der Waals surface area contributed by atoms with E-state index in [4.69, 9.17) is 0 Å². The fraction of sp³-hybridized carbons (Fsp3) is 0.538. The molecule has 1 aromatic carbocycles. The molecule has 0 saturated heterocycles. The maximum atomic E-state index is 13.3. The second-order valence-corrected chi connectivity index (χ2v) is 6.73. The molecule has 1 aromatic rings. The zero-order chi connectivity index (χ0) is 13.2. The Hall–Kier alpha value is -0.940. The van der Waals surface area contributed by atoms with Gasteiger partial charge >= 0.3 is 0 Å². The van der Waals surface area contributed by atoms with Crippen LogP contribution < -0.4 is 5.32 Å². The molecule has 0 aromatic heterocycles. The fourth-order valence-corrected chi connectivity index (χ4v) is 3.88. The van der Waals surface area contributed by atoms with Gasteiger partial charge in [0.15, 0.2) is 9.84 Å². The van der Waals surface area contributed by atoms with E-state index in [0.29, 0.717) is 12.0 Å². The van der Waals surface area contributed by atoms with Crippen LogP contribution in [-0.2, 0) is 9.84 Å². The van der Waals surface area contributed by atoms with Crippen LogP contribution >= 0.6 is 0 Å². The summed E-state index contributed by atoms with van der Waals surface area (Å²) in [5, 5.41) is 3.31. The topological polar surface area (TPSA) is 46.2 Å². The first kappa shape index (κ1) is 13.5. The standard InChI is InChI=1S/C13H18FNO2S/c1-2-3-7-15-12-6-8-18(16,17)13-5-4-10(14)9-11(12)13/h4-5,9,12,15H,2-3,6-8H2,1H3. The van der Waals surface area contributed by atoms with E-state index in [1.165, 1.54) is 18.2 Å². The SMILES string of the molecule is CCCCNC1CCS(=O)(=O)c2ccc(F)cc21. The van der Waals surface area contributed by atoms with Crippen molar-refractivity contribution in [1.82, 2.24) is 5.32 Å². The minimum absolute atomic E-state index is 0.0502. The zero-order valence-corrected chi connectivity index (χ0v) is 11.3. The average molecular weight is 271 g/mol. The molecule has 1 aliphatic rings. The lowest BCUT2D eigenvalue weighted by Crippen LogP contribution is -2.30. The highest BCUT2D eigenvalue weighted by Crippen LogP contribution is 2.32. The summed E-state index contributed by atoms with van der Waals surface area (Å²) in [6, 6.07) is 3.89. The third-order valence-electron chi connectivity index (χ3n) is 3.28. The number of rotatable bonds is 4. The van der Waals surface area contributed by atoms with Gasteiger partial charge in [0, 0.05) is 6.04 Å². The second-order valence-electron chi connectivity index (χ2n) is 4.65. The normalized spacial score (nSPS) is 21.6. The van der Waals surface area contributed by atoms with Crippen molar-refractivity contribution in [3.8, 4) is 0 Å². The van der Waals surface area contributed by atoms with Gasteiger partial charge in [0.2, 0.25) is 0 Å². The van der Waals surface area contributed by atoms with Crippen molar-refractivity contribution in [3.63, 3.8) is 0 Å². The quantitative estimate of drug-likeness (QED) is 0.676. The van der Waals surface area contributed by atoms with Crippen LogP contribution in [0.1, 0.15) is 37.8 Å². The first-order valence-electron chi connectivity index (χ1n) is 6.30. The number of sulfone groups is 1. The predicted octanol–water partition coefficient (Wildman–Crippen LogP) is 2.43. The van der Waals surface area contributed by atoms with Gasteiger partial charge in [0.1, 0.15) is 5.82 Å². The van der Waals surface area contributed by atoms with Gasteiger partial charge in [-0.15, -0.1) is 0 Å². The van der Waals surface area contributed by atoms with Gasteiger partial charge in [-0.05, 0) is 43.1 Å². The first-order valence-corrected chi connectivity index (χ1v) is 7.95. The number of nitrogens with one attached hydrogen (secondary N) is 1. The third-order valence-corrected chi connectivity index (χ3v) is 5.09. The van der Waals surface area contributed by atoms with Gasteiger partial charge in [-0.3, -0.25) is 0 Å². The summed E-state index contributed by atoms with van der Waals surface area (Å²) < 4.78 is 37.1. The molecule has 0 saturated carbocycles. The minimum atomic E-state index is -3.23. The number of fused-ring (bicyclic) bond motifs is 1. The van der Waals surface area contributed by atoms with Crippen molar-refractivity contribution < 1.29 is 12.8 Å². The van der Waals surface area contributed by atoms with E-state index in [2.05, 4.69) is 12.2 Å². The lowest BCUT2D eigenvalue weighted by molar-refractivity contribution is 0.481. The largest absolute Gasteiger partial charge is 0.310 e. The van der Waals surface area contributed by atoms with Crippen LogP contribution in [0.25, 0.3) is 0 Å². The average Bonchev–Trinajstić information content (AvgIpc) is 2.32. The van der Waals surface area contributed by atoms with Crippen LogP contribution in [0.5, 0.6) is 0 Å². The van der Waals surface area contributed by atoms with Crippen LogP contribution in [0, 0.1) is 5.82 Å². The van der Waals surface area contributed by atoms with E-state index < -0.39 is 9.84 Å². The lowest BCUT2D eigenvalue weighted by Gasteiger charge is -2.26. The van der Waals surface area contributed by atoms with E-state index in [-0.39, 0.29) is 22.5 Å². The lowest BCUT2D eigenvalue weighted by atomic mass is 10.0. The van der Waals surface area contributed by atoms with E-state index in [1.807, 2.05) is 0 Å². The van der Waals surface area contributed by atoms with E-state index in [9.17, 15) is 12.8 Å². The fourth-order valence-electron chi connectivity index (χ4n) is 2.28. The van der Waals surface area contributed by atoms with Crippen LogP contribution in [0.3, 0.4) is 0 Å². The summed E-state index contributed by atoms with van der Waals surface area (Å²) >= 11 is 0. The van der Waals surface area contributed by atoms with Crippen LogP contribution in [0.15, 0.2) is 23.1 Å². The van der Waals surface area contributed by atoms with Crippen molar-refractivity contribution in [1.29, 1.82) is 0 Å². The van der Waals surface area contributed by atoms with Gasteiger partial charge in [0.25, 0.3) is 0 Å². The third kappa shape index (κ3) is 2.72. The van der Waals surface area contributed by atoms with Crippen molar-refractivity contribution in [2.24, 2.45) is 0 Å². The Labute approximate surface area is 107 Å². The molecule has 1 unspecified atom stereocenters. The summed E-state index contributed by atoms with van der Waals surface area (Å²) in [4.78, 5) is 0.282. The Morgan fingerprint density at radius 3 is 2.94 bits per heavy atom. The highest BCUT2D eigenvalue weighted by atomic mass is 32.2. The van der Waals surface area contributed by atoms with Gasteiger partial charge in [-0.2, -0.15) is 0 Å². The van der Waals surface area contributed by atoms with Gasteiger partial charge in [-0.1, -0.05) is 13.3 Å². The van der Waals surface area contributed by atoms with Crippen LogP contribution in [0.2, 0.25) is 0 Å². The molecule has 0 spiro atoms. The Kier molecular flexibility index (Phi) is 4.02. The Morgan fingerprint density at radius 1 is 1.44 bits per heavy atom. The molecule has 100 valence electrons. The first-order chi connectivity index (χ1) is 8.54. The molecule has 2 rings (SSSR count). The molecule has 1 atom stereocenters. The second kappa shape index (κ2) is 5.36. The molecule has 1 heterocycles. The molecule has 18 heavy (non-hydrogen) atoms. The van der Waals surface area contributed by atoms with Gasteiger partial charge < -0.3 is 5.32 Å². The number of halogens is 1. The molecular formula is C13H18FNO2S. The van der Waals surface area contributed by atoms with Crippen molar-refractivity contribution >= 4 is 9.84 Å². The predicted molar refractivity (Wildman–Crippen MR) is 68.7 cm³/mol. The van der Waals surface area contributed by atoms with Crippen molar-refractivity contribution in [3.05, 3.63) is 29.6 Å². The van der Waals surface area contributed by atoms with E-state index in [0.717, 1.165) is 19.4 Å². The van der Waals surface area contributed by atoms with Crippen molar-refractivity contribution in [2.75, 3.05) is 12.3 Å². The Morgan fingerprint density at radius 2 is 2.22 bits per heavy atom. The molecule has 0 aliphatic carbocycles. The van der Waals surface area contributed by atoms with Crippen LogP contribution in [0.4, 0.5) is 4.39 Å². The molecule has 1 N–H and O–H groups in total. The molecule has 5 heteroatoms. The maximum absolute atomic E-state index is 13.3. The van der Waals surface area contributed by atoms with E-state index in [1.54, 1.807) is 0 Å². The number of hydrogen-bond donors (Lipinski definition) is 1. The van der Waals surface area contributed by atoms with Gasteiger partial charge in [-0.25, -0.2) is 12.8 Å². The zero-order valence-electron chi connectivity index (χ0n) is 10.4. The highest BCUT2D eigenvalue weighted by Gasteiger charge is 2.30. The maximum Gasteiger partial charge on any atom is 0.178 e. The molecular weight excluding hydrogens is 253 g/mol. The molecule has 1 aliphatic heterocycles. The number of unbranched alkanes of at least 4 members (excludes halogenated alkanes) is 1. The highest BCUT2D eigenvalue weighted by molar-refractivity contribution is 7.91. The molecule has 3 nitrogen and oxygen atoms in total. The molecule has 0 fully saturated rings. The summed E-state index contributed by atoms with van der Waals surface area (Å²) in [5.41, 5.74) is 0.581. The number of hydrogen-bond acceptors (Lipinski definition) is 3. The molecule has 0 radical (unpaired) electrons. The monoisotopic (exact) mass is 271 g/mol. The Balaban J connectivity index is 2.30. The Bertz CT molecular complexity index is 528. The summed E-state index contributed by atoms with van der Waals surface area (Å²) in [7, 11) is -3.23. The summed E-state index contributed by atoms with van der Waals surface area (Å²) in [6.07, 6.45) is 2.63. The summed E-state index contributed by atoms with van der Waals surface area (Å²) in [5.74, 6) is -0.247. The van der Waals surface area contributed by atoms with Gasteiger partial charge in [0.05, 0.1) is 10.6 Å². The smallest absolute Gasteiger partial charge is 0.178 e. The minimum Gasteiger partial charge on any atom is -0.310 e. The summed E-state index contributed by atoms with van der Waals surface area (Å²) in [6.45, 7) is 2.93. The molecule has 0 amide bonds. The van der Waals surface area contributed by atoms with Crippen molar-refractivity contribution in [2.45, 2.75) is 37.1 Å². The number of benzene rings is 1. The van der Waals surface area contributed by atoms with E-state index >= 15 is 0 Å². The van der Waals surface area contributed by atoms with Crippen LogP contribution in [-0.4, -0.2) is 20.7 Å². The molecule has 0 bridgehead atoms.